The minimum atomic E-state index is -0.663. The second-order valence-corrected chi connectivity index (χ2v) is 3.42. The molecule has 2 rings (SSSR count). The quantitative estimate of drug-likeness (QED) is 0.732. The zero-order chi connectivity index (χ0) is 10.1. The van der Waals surface area contributed by atoms with Crippen molar-refractivity contribution in [1.29, 1.82) is 0 Å². The molecule has 1 aliphatic heterocycles. The van der Waals surface area contributed by atoms with Gasteiger partial charge in [0, 0.05) is 6.04 Å². The molecule has 14 heavy (non-hydrogen) atoms. The van der Waals surface area contributed by atoms with E-state index in [1.165, 1.54) is 0 Å². The fourth-order valence-corrected chi connectivity index (χ4v) is 1.40. The average Bonchev–Trinajstić information content (AvgIpc) is 2.62. The van der Waals surface area contributed by atoms with Gasteiger partial charge in [0.05, 0.1) is 6.10 Å². The van der Waals surface area contributed by atoms with Gasteiger partial charge in [-0.1, -0.05) is 6.07 Å². The van der Waals surface area contributed by atoms with Gasteiger partial charge in [0.15, 0.2) is 11.5 Å². The van der Waals surface area contributed by atoms with Crippen molar-refractivity contribution >= 4 is 0 Å². The Labute approximate surface area is 82.2 Å². The standard InChI is InChI=1S/C10H13NO3/c1-6(11)10(12)7-2-3-8-9(4-7)14-5-13-8/h2-4,6,10,12H,5,11H2,1H3/t6-,10-/m0/s1. The topological polar surface area (TPSA) is 64.7 Å². The molecule has 0 saturated heterocycles. The van der Waals surface area contributed by atoms with Crippen molar-refractivity contribution in [2.24, 2.45) is 5.73 Å². The van der Waals surface area contributed by atoms with E-state index in [1.54, 1.807) is 25.1 Å². The van der Waals surface area contributed by atoms with Crippen LogP contribution in [0.5, 0.6) is 11.5 Å². The molecular formula is C10H13NO3. The van der Waals surface area contributed by atoms with Gasteiger partial charge in [0.2, 0.25) is 6.79 Å². The highest BCUT2D eigenvalue weighted by Gasteiger charge is 2.18. The predicted molar refractivity (Wildman–Crippen MR) is 51.2 cm³/mol. The summed E-state index contributed by atoms with van der Waals surface area (Å²) in [5.74, 6) is 1.38. The van der Waals surface area contributed by atoms with E-state index < -0.39 is 6.10 Å². The van der Waals surface area contributed by atoms with Crippen LogP contribution in [0.4, 0.5) is 0 Å². The molecule has 4 nitrogen and oxygen atoms in total. The van der Waals surface area contributed by atoms with Gasteiger partial charge in [0.25, 0.3) is 0 Å². The molecule has 0 radical (unpaired) electrons. The molecule has 0 bridgehead atoms. The second kappa shape index (κ2) is 3.48. The first-order valence-corrected chi connectivity index (χ1v) is 4.51. The number of hydrogen-bond acceptors (Lipinski definition) is 4. The van der Waals surface area contributed by atoms with E-state index in [-0.39, 0.29) is 12.8 Å². The van der Waals surface area contributed by atoms with Crippen LogP contribution in [0, 0.1) is 0 Å². The van der Waals surface area contributed by atoms with E-state index in [4.69, 9.17) is 15.2 Å². The molecule has 0 unspecified atom stereocenters. The van der Waals surface area contributed by atoms with Gasteiger partial charge in [-0.25, -0.2) is 0 Å². The third-order valence-corrected chi connectivity index (χ3v) is 2.24. The SMILES string of the molecule is C[C@H](N)[C@H](O)c1ccc2c(c1)OCO2. The molecule has 2 atom stereocenters. The first kappa shape index (κ1) is 9.30. The third-order valence-electron chi connectivity index (χ3n) is 2.24. The highest BCUT2D eigenvalue weighted by Crippen LogP contribution is 2.34. The number of nitrogens with two attached hydrogens (primary N) is 1. The Morgan fingerprint density at radius 3 is 2.79 bits per heavy atom. The van der Waals surface area contributed by atoms with Crippen molar-refractivity contribution in [3.63, 3.8) is 0 Å². The van der Waals surface area contributed by atoms with E-state index in [0.717, 1.165) is 5.56 Å². The monoisotopic (exact) mass is 195 g/mol. The van der Waals surface area contributed by atoms with Crippen molar-refractivity contribution in [3.8, 4) is 11.5 Å². The van der Waals surface area contributed by atoms with Gasteiger partial charge in [-0.3, -0.25) is 0 Å². The van der Waals surface area contributed by atoms with E-state index in [1.807, 2.05) is 0 Å². The Morgan fingerprint density at radius 2 is 2.07 bits per heavy atom. The summed E-state index contributed by atoms with van der Waals surface area (Å²) in [5.41, 5.74) is 6.35. The van der Waals surface area contributed by atoms with Gasteiger partial charge >= 0.3 is 0 Å². The smallest absolute Gasteiger partial charge is 0.231 e. The fraction of sp³-hybridized carbons (Fsp3) is 0.400. The van der Waals surface area contributed by atoms with Gasteiger partial charge < -0.3 is 20.3 Å². The largest absolute Gasteiger partial charge is 0.454 e. The van der Waals surface area contributed by atoms with Crippen LogP contribution < -0.4 is 15.2 Å². The van der Waals surface area contributed by atoms with Crippen LogP contribution in [0.3, 0.4) is 0 Å². The zero-order valence-corrected chi connectivity index (χ0v) is 7.93. The van der Waals surface area contributed by atoms with Crippen molar-refractivity contribution in [2.45, 2.75) is 19.1 Å². The summed E-state index contributed by atoms with van der Waals surface area (Å²) < 4.78 is 10.4. The number of aliphatic hydroxyl groups is 1. The number of fused-ring (bicyclic) bond motifs is 1. The zero-order valence-electron chi connectivity index (χ0n) is 7.93. The molecule has 0 saturated carbocycles. The lowest BCUT2D eigenvalue weighted by atomic mass is 10.0. The first-order chi connectivity index (χ1) is 6.68. The fourth-order valence-electron chi connectivity index (χ4n) is 1.40. The molecule has 76 valence electrons. The van der Waals surface area contributed by atoms with E-state index in [2.05, 4.69) is 0 Å². The number of aliphatic hydroxyl groups excluding tert-OH is 1. The van der Waals surface area contributed by atoms with E-state index >= 15 is 0 Å². The molecule has 1 aromatic rings. The molecule has 1 aromatic carbocycles. The molecule has 1 heterocycles. The van der Waals surface area contributed by atoms with Crippen LogP contribution in [0.2, 0.25) is 0 Å². The summed E-state index contributed by atoms with van der Waals surface area (Å²) in [5, 5.41) is 9.71. The Morgan fingerprint density at radius 1 is 1.36 bits per heavy atom. The predicted octanol–water partition coefficient (Wildman–Crippen LogP) is 0.796. The molecule has 4 heteroatoms. The number of ether oxygens (including phenoxy) is 2. The lowest BCUT2D eigenvalue weighted by Gasteiger charge is -2.14. The second-order valence-electron chi connectivity index (χ2n) is 3.42. The molecule has 0 spiro atoms. The number of benzene rings is 1. The van der Waals surface area contributed by atoms with Gasteiger partial charge in [0.1, 0.15) is 0 Å². The lowest BCUT2D eigenvalue weighted by molar-refractivity contribution is 0.152. The summed E-state index contributed by atoms with van der Waals surface area (Å²) in [6, 6.07) is 5.04. The van der Waals surface area contributed by atoms with Crippen LogP contribution in [0.25, 0.3) is 0 Å². The van der Waals surface area contributed by atoms with Gasteiger partial charge in [-0.05, 0) is 24.6 Å². The van der Waals surface area contributed by atoms with Gasteiger partial charge in [-0.2, -0.15) is 0 Å². The van der Waals surface area contributed by atoms with Gasteiger partial charge in [-0.15, -0.1) is 0 Å². The molecule has 0 aromatic heterocycles. The Bertz CT molecular complexity index is 338. The molecule has 0 aliphatic carbocycles. The van der Waals surface area contributed by atoms with Crippen molar-refractivity contribution in [2.75, 3.05) is 6.79 Å². The summed E-state index contributed by atoms with van der Waals surface area (Å²) in [6.45, 7) is 2.00. The van der Waals surface area contributed by atoms with Crippen LogP contribution in [-0.4, -0.2) is 17.9 Å². The van der Waals surface area contributed by atoms with Crippen molar-refractivity contribution < 1.29 is 14.6 Å². The Kier molecular flexibility index (Phi) is 2.31. The Hall–Kier alpha value is -1.26. The first-order valence-electron chi connectivity index (χ1n) is 4.51. The number of rotatable bonds is 2. The highest BCUT2D eigenvalue weighted by atomic mass is 16.7. The molecule has 3 N–H and O–H groups in total. The maximum Gasteiger partial charge on any atom is 0.231 e. The van der Waals surface area contributed by atoms with Crippen LogP contribution in [-0.2, 0) is 0 Å². The molecule has 0 amide bonds. The van der Waals surface area contributed by atoms with Crippen LogP contribution >= 0.6 is 0 Å². The van der Waals surface area contributed by atoms with E-state index in [9.17, 15) is 5.11 Å². The summed E-state index contributed by atoms with van der Waals surface area (Å²) in [6.07, 6.45) is -0.663. The molecule has 1 aliphatic rings. The minimum absolute atomic E-state index is 0.243. The minimum Gasteiger partial charge on any atom is -0.454 e. The lowest BCUT2D eigenvalue weighted by Crippen LogP contribution is -2.24. The normalized spacial score (nSPS) is 17.9. The molecule has 0 fully saturated rings. The Balaban J connectivity index is 2.28. The maximum absolute atomic E-state index is 9.71. The number of hydrogen-bond donors (Lipinski definition) is 2. The van der Waals surface area contributed by atoms with Crippen molar-refractivity contribution in [1.82, 2.24) is 0 Å². The van der Waals surface area contributed by atoms with Crippen LogP contribution in [0.15, 0.2) is 18.2 Å². The average molecular weight is 195 g/mol. The van der Waals surface area contributed by atoms with E-state index in [0.29, 0.717) is 11.5 Å². The summed E-state index contributed by atoms with van der Waals surface area (Å²) >= 11 is 0. The van der Waals surface area contributed by atoms with Crippen molar-refractivity contribution in [3.05, 3.63) is 23.8 Å². The summed E-state index contributed by atoms with van der Waals surface area (Å²) in [4.78, 5) is 0. The third kappa shape index (κ3) is 1.54. The highest BCUT2D eigenvalue weighted by molar-refractivity contribution is 5.45. The molecular weight excluding hydrogens is 182 g/mol. The summed E-state index contributed by atoms with van der Waals surface area (Å²) in [7, 11) is 0. The maximum atomic E-state index is 9.71. The van der Waals surface area contributed by atoms with Crippen LogP contribution in [0.1, 0.15) is 18.6 Å².